The first-order valence-corrected chi connectivity index (χ1v) is 6.63. The molecule has 0 radical (unpaired) electrons. The molecule has 1 aromatic rings. The number of rotatable bonds is 2. The van der Waals surface area contributed by atoms with Gasteiger partial charge in [-0.25, -0.2) is 0 Å². The van der Waals surface area contributed by atoms with Gasteiger partial charge in [0, 0.05) is 11.3 Å². The van der Waals surface area contributed by atoms with Gasteiger partial charge in [0.1, 0.15) is 0 Å². The fraction of sp³-hybridized carbons (Fsp3) is 0.429. The summed E-state index contributed by atoms with van der Waals surface area (Å²) in [6.45, 7) is 7.36. The average Bonchev–Trinajstić information content (AvgIpc) is 2.48. The molecule has 18 heavy (non-hydrogen) atoms. The number of nitrogens with one attached hydrogen (secondary N) is 1. The number of halogens is 1. The molecule has 0 unspecified atom stereocenters. The summed E-state index contributed by atoms with van der Waals surface area (Å²) in [5.41, 5.74) is 1.73. The van der Waals surface area contributed by atoms with E-state index < -0.39 is 9.74 Å². The Labute approximate surface area is 115 Å². The molecule has 0 aromatic heterocycles. The number of anilines is 1. The molecule has 1 aliphatic heterocycles. The van der Waals surface area contributed by atoms with E-state index in [4.69, 9.17) is 0 Å². The molecule has 1 aromatic carbocycles. The lowest BCUT2D eigenvalue weighted by atomic mass is 9.84. The summed E-state index contributed by atoms with van der Waals surface area (Å²) in [5.74, 6) is -0.0133. The summed E-state index contributed by atoms with van der Waals surface area (Å²) in [7, 11) is 0. The van der Waals surface area contributed by atoms with Crippen LogP contribution in [-0.2, 0) is 10.2 Å². The number of benzene rings is 1. The normalized spacial score (nSPS) is 17.3. The van der Waals surface area contributed by atoms with Gasteiger partial charge in [-0.3, -0.25) is 9.59 Å². The zero-order chi connectivity index (χ0) is 13.7. The third kappa shape index (κ3) is 1.99. The first-order chi connectivity index (χ1) is 8.14. The van der Waals surface area contributed by atoms with E-state index >= 15 is 0 Å². The van der Waals surface area contributed by atoms with E-state index in [1.165, 1.54) is 0 Å². The number of ketones is 1. The van der Waals surface area contributed by atoms with Crippen LogP contribution in [0.3, 0.4) is 0 Å². The maximum Gasteiger partial charge on any atom is 0.234 e. The number of fused-ring (bicyclic) bond motifs is 1. The Morgan fingerprint density at radius 2 is 1.94 bits per heavy atom. The fourth-order valence-electron chi connectivity index (χ4n) is 2.06. The lowest BCUT2D eigenvalue weighted by Gasteiger charge is -2.18. The smallest absolute Gasteiger partial charge is 0.234 e. The Balaban J connectivity index is 2.50. The van der Waals surface area contributed by atoms with Crippen molar-refractivity contribution >= 4 is 33.3 Å². The van der Waals surface area contributed by atoms with Crippen molar-refractivity contribution in [3.05, 3.63) is 29.3 Å². The van der Waals surface area contributed by atoms with E-state index in [-0.39, 0.29) is 11.7 Å². The van der Waals surface area contributed by atoms with Crippen LogP contribution in [0.15, 0.2) is 18.2 Å². The van der Waals surface area contributed by atoms with E-state index in [9.17, 15) is 9.59 Å². The van der Waals surface area contributed by atoms with E-state index in [0.29, 0.717) is 5.56 Å². The summed E-state index contributed by atoms with van der Waals surface area (Å²) < 4.78 is -0.596. The molecule has 1 heterocycles. The number of Topliss-reactive ketones (excluding diaryl/α,β-unsaturated/α-hetero) is 1. The molecule has 0 saturated heterocycles. The molecule has 0 atom stereocenters. The van der Waals surface area contributed by atoms with Gasteiger partial charge in [-0.15, -0.1) is 0 Å². The second-order valence-corrected chi connectivity index (χ2v) is 7.62. The van der Waals surface area contributed by atoms with Crippen molar-refractivity contribution < 1.29 is 9.59 Å². The van der Waals surface area contributed by atoms with Crippen molar-refractivity contribution in [1.29, 1.82) is 0 Å². The van der Waals surface area contributed by atoms with Crippen LogP contribution in [0.4, 0.5) is 5.69 Å². The SMILES string of the molecule is CC(C)(Br)C(=O)c1ccc2c(c1)C(C)(C)C(=O)N2. The van der Waals surface area contributed by atoms with Crippen LogP contribution in [0.25, 0.3) is 0 Å². The van der Waals surface area contributed by atoms with Gasteiger partial charge in [0.2, 0.25) is 5.91 Å². The van der Waals surface area contributed by atoms with Crippen molar-refractivity contribution in [3.8, 4) is 0 Å². The molecule has 1 N–H and O–H groups in total. The molecule has 4 heteroatoms. The van der Waals surface area contributed by atoms with Crippen molar-refractivity contribution in [2.24, 2.45) is 0 Å². The lowest BCUT2D eigenvalue weighted by molar-refractivity contribution is -0.119. The Morgan fingerprint density at radius 3 is 2.50 bits per heavy atom. The molecule has 96 valence electrons. The van der Waals surface area contributed by atoms with E-state index in [2.05, 4.69) is 21.2 Å². The van der Waals surface area contributed by atoms with Gasteiger partial charge in [-0.05, 0) is 51.5 Å². The fourth-order valence-corrected chi connectivity index (χ4v) is 2.28. The van der Waals surface area contributed by atoms with Crippen molar-refractivity contribution in [1.82, 2.24) is 0 Å². The quantitative estimate of drug-likeness (QED) is 0.673. The topological polar surface area (TPSA) is 46.2 Å². The minimum Gasteiger partial charge on any atom is -0.325 e. The van der Waals surface area contributed by atoms with Crippen LogP contribution >= 0.6 is 15.9 Å². The minimum atomic E-state index is -0.596. The van der Waals surface area contributed by atoms with Crippen molar-refractivity contribution in [2.75, 3.05) is 5.32 Å². The summed E-state index contributed by atoms with van der Waals surface area (Å²) in [6.07, 6.45) is 0. The highest BCUT2D eigenvalue weighted by Crippen LogP contribution is 2.38. The molecule has 1 amide bonds. The summed E-state index contributed by atoms with van der Waals surface area (Å²) in [5, 5.41) is 2.83. The molecule has 1 aliphatic rings. The molecule has 2 rings (SSSR count). The highest BCUT2D eigenvalue weighted by Gasteiger charge is 2.39. The van der Waals surface area contributed by atoms with Crippen molar-refractivity contribution in [3.63, 3.8) is 0 Å². The monoisotopic (exact) mass is 309 g/mol. The van der Waals surface area contributed by atoms with Crippen LogP contribution in [0, 0.1) is 0 Å². The second-order valence-electron chi connectivity index (χ2n) is 5.64. The second kappa shape index (κ2) is 3.92. The highest BCUT2D eigenvalue weighted by atomic mass is 79.9. The van der Waals surface area contributed by atoms with E-state index in [1.807, 2.05) is 33.8 Å². The zero-order valence-electron chi connectivity index (χ0n) is 10.9. The van der Waals surface area contributed by atoms with Crippen LogP contribution in [-0.4, -0.2) is 16.0 Å². The molecule has 0 fully saturated rings. The summed E-state index contributed by atoms with van der Waals surface area (Å²) >= 11 is 3.37. The van der Waals surface area contributed by atoms with Gasteiger partial charge in [0.15, 0.2) is 5.78 Å². The van der Waals surface area contributed by atoms with Gasteiger partial charge >= 0.3 is 0 Å². The predicted molar refractivity (Wildman–Crippen MR) is 75.4 cm³/mol. The third-order valence-corrected chi connectivity index (χ3v) is 3.67. The average molecular weight is 310 g/mol. The number of alkyl halides is 1. The maximum absolute atomic E-state index is 12.2. The van der Waals surface area contributed by atoms with Gasteiger partial charge in [0.05, 0.1) is 9.74 Å². The largest absolute Gasteiger partial charge is 0.325 e. The number of hydrogen-bond donors (Lipinski definition) is 1. The number of carbonyl (C=O) groups excluding carboxylic acids is 2. The molecular weight excluding hydrogens is 294 g/mol. The van der Waals surface area contributed by atoms with Gasteiger partial charge in [0.25, 0.3) is 0 Å². The lowest BCUT2D eigenvalue weighted by Crippen LogP contribution is -2.27. The first kappa shape index (κ1) is 13.3. The number of hydrogen-bond acceptors (Lipinski definition) is 2. The van der Waals surface area contributed by atoms with Crippen LogP contribution in [0.5, 0.6) is 0 Å². The van der Waals surface area contributed by atoms with Crippen molar-refractivity contribution in [2.45, 2.75) is 37.4 Å². The van der Waals surface area contributed by atoms with Gasteiger partial charge in [-0.2, -0.15) is 0 Å². The van der Waals surface area contributed by atoms with Gasteiger partial charge in [-0.1, -0.05) is 15.9 Å². The van der Waals surface area contributed by atoms with Crippen LogP contribution in [0.1, 0.15) is 43.6 Å². The Hall–Kier alpha value is -1.16. The molecule has 0 aliphatic carbocycles. The highest BCUT2D eigenvalue weighted by molar-refractivity contribution is 9.10. The first-order valence-electron chi connectivity index (χ1n) is 5.84. The Morgan fingerprint density at radius 1 is 1.33 bits per heavy atom. The summed E-state index contributed by atoms with van der Waals surface area (Å²) in [6, 6.07) is 5.37. The number of carbonyl (C=O) groups is 2. The predicted octanol–water partition coefficient (Wildman–Crippen LogP) is 3.27. The molecule has 0 saturated carbocycles. The standard InChI is InChI=1S/C14H16BrNO2/c1-13(2)9-7-8(11(17)14(3,4)15)5-6-10(9)16-12(13)18/h5-7H,1-4H3,(H,16,18). The number of amides is 1. The Kier molecular flexibility index (Phi) is 2.89. The molecule has 0 spiro atoms. The van der Waals surface area contributed by atoms with E-state index in [0.717, 1.165) is 11.3 Å². The molecular formula is C14H16BrNO2. The maximum atomic E-state index is 12.2. The minimum absolute atomic E-state index is 0.0143. The zero-order valence-corrected chi connectivity index (χ0v) is 12.5. The Bertz CT molecular complexity index is 541. The van der Waals surface area contributed by atoms with Crippen LogP contribution in [0.2, 0.25) is 0 Å². The van der Waals surface area contributed by atoms with Crippen LogP contribution < -0.4 is 5.32 Å². The molecule has 0 bridgehead atoms. The van der Waals surface area contributed by atoms with Gasteiger partial charge < -0.3 is 5.32 Å². The summed E-state index contributed by atoms with van der Waals surface area (Å²) in [4.78, 5) is 24.0. The third-order valence-electron chi connectivity index (χ3n) is 3.31. The molecule has 3 nitrogen and oxygen atoms in total. The van der Waals surface area contributed by atoms with E-state index in [1.54, 1.807) is 12.1 Å².